The molecule has 0 bridgehead atoms. The van der Waals surface area contributed by atoms with Crippen LogP contribution in [0, 0.1) is 23.5 Å². The zero-order valence-electron chi connectivity index (χ0n) is 14.4. The third-order valence-electron chi connectivity index (χ3n) is 4.75. The van der Waals surface area contributed by atoms with Crippen molar-refractivity contribution in [1.29, 1.82) is 0 Å². The van der Waals surface area contributed by atoms with Gasteiger partial charge in [0.1, 0.15) is 16.7 Å². The second-order valence-electron chi connectivity index (χ2n) is 6.60. The summed E-state index contributed by atoms with van der Waals surface area (Å²) in [4.78, 5) is 14.7. The summed E-state index contributed by atoms with van der Waals surface area (Å²) in [6, 6.07) is 12.1. The Morgan fingerprint density at radius 2 is 1.81 bits per heavy atom. The largest absolute Gasteiger partial charge is 0.384 e. The van der Waals surface area contributed by atoms with Gasteiger partial charge >= 0.3 is 0 Å². The first-order valence-electron chi connectivity index (χ1n) is 8.44. The minimum atomic E-state index is -0.809. The van der Waals surface area contributed by atoms with E-state index in [4.69, 9.17) is 16.3 Å². The number of carbonyl (C=O) groups excluding carboxylic acids is 1. The van der Waals surface area contributed by atoms with Crippen LogP contribution in [0.4, 0.5) is 8.78 Å². The summed E-state index contributed by atoms with van der Waals surface area (Å²) < 4.78 is 32.7. The lowest BCUT2D eigenvalue weighted by Crippen LogP contribution is -2.27. The number of ether oxygens (including phenoxy) is 1. The topological polar surface area (TPSA) is 29.5 Å². The molecule has 3 nitrogen and oxygen atoms in total. The Balaban J connectivity index is 1.79. The lowest BCUT2D eigenvalue weighted by molar-refractivity contribution is -0.131. The highest BCUT2D eigenvalue weighted by atomic mass is 35.5. The van der Waals surface area contributed by atoms with Crippen molar-refractivity contribution in [3.63, 3.8) is 0 Å². The van der Waals surface area contributed by atoms with Crippen molar-refractivity contribution in [3.8, 4) is 0 Å². The Kier molecular flexibility index (Phi) is 5.89. The first-order valence-corrected chi connectivity index (χ1v) is 8.82. The molecule has 1 saturated heterocycles. The maximum atomic E-state index is 13.7. The van der Waals surface area contributed by atoms with E-state index in [0.29, 0.717) is 25.3 Å². The number of carbonyl (C=O) groups is 1. The van der Waals surface area contributed by atoms with Crippen molar-refractivity contribution in [2.75, 3.05) is 20.3 Å². The van der Waals surface area contributed by atoms with Gasteiger partial charge in [0.15, 0.2) is 0 Å². The molecule has 0 saturated carbocycles. The third-order valence-corrected chi connectivity index (χ3v) is 5.11. The summed E-state index contributed by atoms with van der Waals surface area (Å²) in [5, 5.41) is -0.523. The van der Waals surface area contributed by atoms with Gasteiger partial charge in [-0.3, -0.25) is 4.79 Å². The second-order valence-corrected chi connectivity index (χ2v) is 6.98. The SMILES string of the molecule is COCC1CN(Cc2ccccc2)C(=O)C1Cc1cc(F)c(Cl)c(F)c1. The molecular weight excluding hydrogens is 360 g/mol. The number of methoxy groups -OCH3 is 1. The Hall–Kier alpha value is -1.98. The number of halogens is 3. The molecule has 3 rings (SSSR count). The summed E-state index contributed by atoms with van der Waals surface area (Å²) in [6.07, 6.45) is 0.253. The third kappa shape index (κ3) is 4.05. The zero-order chi connectivity index (χ0) is 18.7. The molecule has 2 atom stereocenters. The number of nitrogens with zero attached hydrogens (tertiary/aromatic N) is 1. The molecule has 0 N–H and O–H groups in total. The Morgan fingerprint density at radius 1 is 1.15 bits per heavy atom. The van der Waals surface area contributed by atoms with Crippen LogP contribution in [0.2, 0.25) is 5.02 Å². The minimum Gasteiger partial charge on any atom is -0.384 e. The van der Waals surface area contributed by atoms with E-state index in [2.05, 4.69) is 0 Å². The van der Waals surface area contributed by atoms with E-state index >= 15 is 0 Å². The van der Waals surface area contributed by atoms with Crippen LogP contribution in [0.15, 0.2) is 42.5 Å². The molecule has 2 aromatic carbocycles. The second kappa shape index (κ2) is 8.14. The van der Waals surface area contributed by atoms with Crippen molar-refractivity contribution in [2.45, 2.75) is 13.0 Å². The molecule has 6 heteroatoms. The van der Waals surface area contributed by atoms with Gasteiger partial charge in [-0.25, -0.2) is 8.78 Å². The Bertz CT molecular complexity index is 762. The molecule has 0 radical (unpaired) electrons. The van der Waals surface area contributed by atoms with Crippen LogP contribution >= 0.6 is 11.6 Å². The summed E-state index contributed by atoms with van der Waals surface area (Å²) in [5.41, 5.74) is 1.46. The van der Waals surface area contributed by atoms with Gasteiger partial charge in [0, 0.05) is 32.0 Å². The predicted octanol–water partition coefficient (Wildman–Crippen LogP) is 4.08. The molecule has 1 fully saturated rings. The van der Waals surface area contributed by atoms with Crippen molar-refractivity contribution < 1.29 is 18.3 Å². The van der Waals surface area contributed by atoms with E-state index in [9.17, 15) is 13.6 Å². The Labute approximate surface area is 156 Å². The fraction of sp³-hybridized carbons (Fsp3) is 0.350. The van der Waals surface area contributed by atoms with E-state index in [1.807, 2.05) is 30.3 Å². The van der Waals surface area contributed by atoms with Crippen LogP contribution in [-0.2, 0) is 22.5 Å². The average molecular weight is 380 g/mol. The van der Waals surface area contributed by atoms with E-state index in [-0.39, 0.29) is 24.2 Å². The summed E-state index contributed by atoms with van der Waals surface area (Å²) in [5.74, 6) is -2.04. The quantitative estimate of drug-likeness (QED) is 0.708. The smallest absolute Gasteiger partial charge is 0.226 e. The van der Waals surface area contributed by atoms with Crippen LogP contribution in [0.25, 0.3) is 0 Å². The molecule has 1 amide bonds. The number of hydrogen-bond donors (Lipinski definition) is 0. The molecule has 0 aromatic heterocycles. The van der Waals surface area contributed by atoms with Gasteiger partial charge in [0.05, 0.1) is 6.61 Å². The molecule has 2 unspecified atom stereocenters. The van der Waals surface area contributed by atoms with Crippen LogP contribution in [0.5, 0.6) is 0 Å². The first-order chi connectivity index (χ1) is 12.5. The van der Waals surface area contributed by atoms with Crippen LogP contribution in [0.1, 0.15) is 11.1 Å². The normalized spacial score (nSPS) is 20.0. The highest BCUT2D eigenvalue weighted by Gasteiger charge is 2.40. The van der Waals surface area contributed by atoms with E-state index in [0.717, 1.165) is 5.56 Å². The van der Waals surface area contributed by atoms with Crippen molar-refractivity contribution in [3.05, 3.63) is 70.2 Å². The number of likely N-dealkylation sites (tertiary alicyclic amines) is 1. The van der Waals surface area contributed by atoms with Gasteiger partial charge in [0.2, 0.25) is 5.91 Å². The van der Waals surface area contributed by atoms with E-state index in [1.54, 1.807) is 12.0 Å². The Morgan fingerprint density at radius 3 is 2.42 bits per heavy atom. The fourth-order valence-corrected chi connectivity index (χ4v) is 3.61. The monoisotopic (exact) mass is 379 g/mol. The van der Waals surface area contributed by atoms with Gasteiger partial charge in [-0.1, -0.05) is 41.9 Å². The summed E-state index contributed by atoms with van der Waals surface area (Å²) >= 11 is 5.54. The molecular formula is C20H20ClF2NO2. The zero-order valence-corrected chi connectivity index (χ0v) is 15.2. The summed E-state index contributed by atoms with van der Waals surface area (Å²) in [7, 11) is 1.59. The predicted molar refractivity (Wildman–Crippen MR) is 95.8 cm³/mol. The standard InChI is InChI=1S/C20H20ClF2NO2/c1-26-12-15-11-24(10-13-5-3-2-4-6-13)20(25)16(15)7-14-8-17(22)19(21)18(23)9-14/h2-6,8-9,15-16H,7,10-12H2,1H3. The van der Waals surface area contributed by atoms with Crippen molar-refractivity contribution in [1.82, 2.24) is 4.90 Å². The number of benzene rings is 2. The van der Waals surface area contributed by atoms with Gasteiger partial charge in [-0.2, -0.15) is 0 Å². The van der Waals surface area contributed by atoms with E-state index < -0.39 is 16.7 Å². The molecule has 2 aromatic rings. The summed E-state index contributed by atoms with van der Waals surface area (Å²) in [6.45, 7) is 1.49. The highest BCUT2D eigenvalue weighted by molar-refractivity contribution is 6.30. The molecule has 1 aliphatic rings. The van der Waals surface area contributed by atoms with Crippen molar-refractivity contribution >= 4 is 17.5 Å². The highest BCUT2D eigenvalue weighted by Crippen LogP contribution is 2.31. The van der Waals surface area contributed by atoms with Gasteiger partial charge in [0.25, 0.3) is 0 Å². The van der Waals surface area contributed by atoms with Gasteiger partial charge in [-0.15, -0.1) is 0 Å². The van der Waals surface area contributed by atoms with Crippen LogP contribution < -0.4 is 0 Å². The number of rotatable bonds is 6. The molecule has 138 valence electrons. The molecule has 0 aliphatic carbocycles. The molecule has 0 spiro atoms. The lowest BCUT2D eigenvalue weighted by atomic mass is 9.89. The maximum Gasteiger partial charge on any atom is 0.226 e. The van der Waals surface area contributed by atoms with Crippen molar-refractivity contribution in [2.24, 2.45) is 11.8 Å². The number of hydrogen-bond acceptors (Lipinski definition) is 2. The van der Waals surface area contributed by atoms with E-state index in [1.165, 1.54) is 12.1 Å². The van der Waals surface area contributed by atoms with Crippen LogP contribution in [-0.4, -0.2) is 31.1 Å². The first kappa shape index (κ1) is 18.8. The number of amides is 1. The van der Waals surface area contributed by atoms with Gasteiger partial charge < -0.3 is 9.64 Å². The molecule has 26 heavy (non-hydrogen) atoms. The van der Waals surface area contributed by atoms with Gasteiger partial charge in [-0.05, 0) is 29.7 Å². The lowest BCUT2D eigenvalue weighted by Gasteiger charge is -2.17. The van der Waals surface area contributed by atoms with Crippen LogP contribution in [0.3, 0.4) is 0 Å². The molecule has 1 heterocycles. The average Bonchev–Trinajstić information content (AvgIpc) is 2.90. The minimum absolute atomic E-state index is 0.0216. The molecule has 1 aliphatic heterocycles. The maximum absolute atomic E-state index is 13.7. The fourth-order valence-electron chi connectivity index (χ4n) is 3.50.